The molecular weight excluding hydrogens is 212 g/mol. The fourth-order valence-corrected chi connectivity index (χ4v) is 3.75. The summed E-state index contributed by atoms with van der Waals surface area (Å²) < 4.78 is 5.93. The van der Waals surface area contributed by atoms with Crippen LogP contribution < -0.4 is 11.1 Å². The van der Waals surface area contributed by atoms with Gasteiger partial charge in [0.1, 0.15) is 0 Å². The van der Waals surface area contributed by atoms with Crippen molar-refractivity contribution in [3.8, 4) is 0 Å². The maximum atomic E-state index is 6.73. The first-order valence-electron chi connectivity index (χ1n) is 7.05. The number of rotatable bonds is 3. The number of nitrogens with two attached hydrogens (primary N) is 1. The minimum atomic E-state index is -0.0797. The summed E-state index contributed by atoms with van der Waals surface area (Å²) >= 11 is 0. The molecule has 3 heteroatoms. The lowest BCUT2D eigenvalue weighted by molar-refractivity contribution is -0.226. The monoisotopic (exact) mass is 238 g/mol. The topological polar surface area (TPSA) is 47.3 Å². The molecule has 1 saturated heterocycles. The number of hydrogen-bond acceptors (Lipinski definition) is 3. The molecule has 17 heavy (non-hydrogen) atoms. The van der Waals surface area contributed by atoms with E-state index in [-0.39, 0.29) is 11.0 Å². The second kappa shape index (κ2) is 3.46. The van der Waals surface area contributed by atoms with Crippen LogP contribution in [0.25, 0.3) is 0 Å². The van der Waals surface area contributed by atoms with Gasteiger partial charge in [-0.05, 0) is 32.6 Å². The molecule has 3 aliphatic rings. The summed E-state index contributed by atoms with van der Waals surface area (Å²) in [5.41, 5.74) is 7.13. The minimum Gasteiger partial charge on any atom is -0.377 e. The molecule has 3 unspecified atom stereocenters. The molecule has 3 rings (SSSR count). The van der Waals surface area contributed by atoms with Gasteiger partial charge in [0.05, 0.1) is 6.10 Å². The molecule has 0 aromatic carbocycles. The standard InChI is InChI=1S/C14H26N2O/c1-12(2)11-10(5-4-8-17-11)14(12,15)9-16-13(3)6-7-13/h10-11,16H,4-9,15H2,1-3H3. The number of nitrogens with one attached hydrogen (secondary N) is 1. The van der Waals surface area contributed by atoms with E-state index in [0.717, 1.165) is 13.2 Å². The van der Waals surface area contributed by atoms with E-state index >= 15 is 0 Å². The number of hydrogen-bond donors (Lipinski definition) is 2. The Hall–Kier alpha value is -0.120. The minimum absolute atomic E-state index is 0.0797. The van der Waals surface area contributed by atoms with Gasteiger partial charge in [0.15, 0.2) is 0 Å². The van der Waals surface area contributed by atoms with Crippen molar-refractivity contribution in [3.05, 3.63) is 0 Å². The average molecular weight is 238 g/mol. The van der Waals surface area contributed by atoms with Crippen molar-refractivity contribution in [3.63, 3.8) is 0 Å². The van der Waals surface area contributed by atoms with Gasteiger partial charge in [0, 0.05) is 35.6 Å². The van der Waals surface area contributed by atoms with Gasteiger partial charge in [0.25, 0.3) is 0 Å². The van der Waals surface area contributed by atoms with Crippen LogP contribution in [0.2, 0.25) is 0 Å². The van der Waals surface area contributed by atoms with Crippen molar-refractivity contribution in [2.75, 3.05) is 13.2 Å². The molecule has 98 valence electrons. The van der Waals surface area contributed by atoms with E-state index < -0.39 is 0 Å². The second-order valence-corrected chi connectivity index (χ2v) is 7.22. The van der Waals surface area contributed by atoms with Gasteiger partial charge < -0.3 is 15.8 Å². The molecule has 2 saturated carbocycles. The van der Waals surface area contributed by atoms with Crippen LogP contribution in [0.4, 0.5) is 0 Å². The maximum absolute atomic E-state index is 6.73. The zero-order valence-corrected chi connectivity index (χ0v) is 11.4. The van der Waals surface area contributed by atoms with Crippen molar-refractivity contribution in [1.82, 2.24) is 5.32 Å². The Labute approximate surface area is 104 Å². The van der Waals surface area contributed by atoms with E-state index in [4.69, 9.17) is 10.5 Å². The smallest absolute Gasteiger partial charge is 0.0690 e. The Balaban J connectivity index is 1.71. The summed E-state index contributed by atoms with van der Waals surface area (Å²) in [5.74, 6) is 0.557. The molecule has 0 radical (unpaired) electrons. The van der Waals surface area contributed by atoms with Crippen LogP contribution in [0.3, 0.4) is 0 Å². The third kappa shape index (κ3) is 1.59. The summed E-state index contributed by atoms with van der Waals surface area (Å²) in [4.78, 5) is 0. The SMILES string of the molecule is CC1(NCC2(N)C3CCCOC3C2(C)C)CC1. The first-order valence-corrected chi connectivity index (χ1v) is 7.05. The van der Waals surface area contributed by atoms with Crippen molar-refractivity contribution in [2.45, 2.75) is 63.6 Å². The second-order valence-electron chi connectivity index (χ2n) is 7.22. The molecule has 0 aromatic rings. The highest BCUT2D eigenvalue weighted by molar-refractivity contribution is 5.21. The van der Waals surface area contributed by atoms with Crippen molar-refractivity contribution in [2.24, 2.45) is 17.1 Å². The van der Waals surface area contributed by atoms with Gasteiger partial charge >= 0.3 is 0 Å². The lowest BCUT2D eigenvalue weighted by Crippen LogP contribution is -2.80. The number of ether oxygens (including phenoxy) is 1. The van der Waals surface area contributed by atoms with E-state index in [9.17, 15) is 0 Å². The molecule has 2 aliphatic carbocycles. The van der Waals surface area contributed by atoms with Crippen LogP contribution in [0.1, 0.15) is 46.5 Å². The Morgan fingerprint density at radius 3 is 2.65 bits per heavy atom. The molecule has 3 atom stereocenters. The van der Waals surface area contributed by atoms with Gasteiger partial charge in [0.2, 0.25) is 0 Å². The summed E-state index contributed by atoms with van der Waals surface area (Å²) in [6, 6.07) is 0. The maximum Gasteiger partial charge on any atom is 0.0690 e. The van der Waals surface area contributed by atoms with E-state index in [1.54, 1.807) is 0 Å². The average Bonchev–Trinajstić information content (AvgIpc) is 3.05. The van der Waals surface area contributed by atoms with Crippen LogP contribution in [0.15, 0.2) is 0 Å². The fraction of sp³-hybridized carbons (Fsp3) is 1.00. The Morgan fingerprint density at radius 2 is 2.00 bits per heavy atom. The molecule has 3 nitrogen and oxygen atoms in total. The molecular formula is C14H26N2O. The molecule has 0 bridgehead atoms. The third-order valence-electron chi connectivity index (χ3n) is 5.70. The van der Waals surface area contributed by atoms with Crippen molar-refractivity contribution in [1.29, 1.82) is 0 Å². The summed E-state index contributed by atoms with van der Waals surface area (Å²) in [6.07, 6.45) is 5.40. The zero-order valence-electron chi connectivity index (χ0n) is 11.4. The third-order valence-corrected chi connectivity index (χ3v) is 5.70. The highest BCUT2D eigenvalue weighted by Crippen LogP contribution is 2.57. The van der Waals surface area contributed by atoms with Crippen LogP contribution in [-0.2, 0) is 4.74 Å². The van der Waals surface area contributed by atoms with E-state index in [1.807, 2.05) is 0 Å². The quantitative estimate of drug-likeness (QED) is 0.786. The Bertz CT molecular complexity index is 324. The molecule has 0 spiro atoms. The largest absolute Gasteiger partial charge is 0.377 e. The summed E-state index contributed by atoms with van der Waals surface area (Å²) in [6.45, 7) is 8.72. The fourth-order valence-electron chi connectivity index (χ4n) is 3.75. The Kier molecular flexibility index (Phi) is 2.43. The zero-order chi connectivity index (χ0) is 12.3. The summed E-state index contributed by atoms with van der Waals surface area (Å²) in [7, 11) is 0. The molecule has 1 heterocycles. The molecule has 3 N–H and O–H groups in total. The first-order chi connectivity index (χ1) is 7.89. The normalized spacial score (nSPS) is 45.9. The van der Waals surface area contributed by atoms with Gasteiger partial charge in [-0.15, -0.1) is 0 Å². The van der Waals surface area contributed by atoms with Crippen LogP contribution >= 0.6 is 0 Å². The predicted octanol–water partition coefficient (Wildman–Crippen LogP) is 1.66. The van der Waals surface area contributed by atoms with E-state index in [2.05, 4.69) is 26.1 Å². The first kappa shape index (κ1) is 11.9. The number of fused-ring (bicyclic) bond motifs is 1. The lowest BCUT2D eigenvalue weighted by Gasteiger charge is -2.67. The predicted molar refractivity (Wildman–Crippen MR) is 68.8 cm³/mol. The van der Waals surface area contributed by atoms with Crippen LogP contribution in [0.5, 0.6) is 0 Å². The van der Waals surface area contributed by atoms with E-state index in [0.29, 0.717) is 17.6 Å². The van der Waals surface area contributed by atoms with Gasteiger partial charge in [-0.3, -0.25) is 0 Å². The Morgan fingerprint density at radius 1 is 1.29 bits per heavy atom. The highest BCUT2D eigenvalue weighted by atomic mass is 16.5. The van der Waals surface area contributed by atoms with Crippen LogP contribution in [-0.4, -0.2) is 30.3 Å². The van der Waals surface area contributed by atoms with Crippen LogP contribution in [0, 0.1) is 11.3 Å². The molecule has 3 fully saturated rings. The lowest BCUT2D eigenvalue weighted by atomic mass is 9.46. The van der Waals surface area contributed by atoms with Gasteiger partial charge in [-0.2, -0.15) is 0 Å². The van der Waals surface area contributed by atoms with E-state index in [1.165, 1.54) is 25.7 Å². The van der Waals surface area contributed by atoms with Crippen molar-refractivity contribution < 1.29 is 4.74 Å². The molecule has 0 aromatic heterocycles. The molecule has 1 aliphatic heterocycles. The van der Waals surface area contributed by atoms with Gasteiger partial charge in [-0.25, -0.2) is 0 Å². The molecule has 0 amide bonds. The highest BCUT2D eigenvalue weighted by Gasteiger charge is 2.66. The van der Waals surface area contributed by atoms with Crippen molar-refractivity contribution >= 4 is 0 Å². The van der Waals surface area contributed by atoms with Gasteiger partial charge in [-0.1, -0.05) is 13.8 Å². The summed E-state index contributed by atoms with van der Waals surface area (Å²) in [5, 5.41) is 3.68.